The Kier molecular flexibility index (Phi) is 11.0. The number of nitrogens with one attached hydrogen (secondary N) is 3. The third-order valence-electron chi connectivity index (χ3n) is 2.68. The van der Waals surface area contributed by atoms with Crippen LogP contribution in [0.2, 0.25) is 0 Å². The molecule has 1 aromatic rings. The Bertz CT molecular complexity index is 568. The van der Waals surface area contributed by atoms with Crippen LogP contribution in [0.25, 0.3) is 0 Å². The molecule has 0 amide bonds. The molecule has 10 heteroatoms. The Morgan fingerprint density at radius 3 is 2.74 bits per heavy atom. The second-order valence-electron chi connectivity index (χ2n) is 4.59. The number of halogens is 1. The molecule has 1 heterocycles. The van der Waals surface area contributed by atoms with E-state index in [1.165, 1.54) is 18.5 Å². The summed E-state index contributed by atoms with van der Waals surface area (Å²) in [4.78, 5) is 7.99. The monoisotopic (exact) mass is 457 g/mol. The van der Waals surface area contributed by atoms with E-state index in [1.54, 1.807) is 20.2 Å². The maximum Gasteiger partial charge on any atom is 0.242 e. The third-order valence-corrected chi connectivity index (χ3v) is 4.12. The Morgan fingerprint density at radius 1 is 1.43 bits per heavy atom. The van der Waals surface area contributed by atoms with Gasteiger partial charge in [0.15, 0.2) is 5.96 Å². The number of rotatable bonds is 8. The minimum absolute atomic E-state index is 0. The third kappa shape index (κ3) is 8.44. The molecule has 1 rings (SSSR count). The molecule has 0 bridgehead atoms. The molecule has 0 saturated carbocycles. The lowest BCUT2D eigenvalue weighted by Crippen LogP contribution is -2.46. The quantitative estimate of drug-likeness (QED) is 0.223. The van der Waals surface area contributed by atoms with E-state index >= 15 is 0 Å². The van der Waals surface area contributed by atoms with Crippen LogP contribution >= 0.6 is 24.0 Å². The number of aliphatic imine (C=N–C) groups is 1. The average Bonchev–Trinajstić information content (AvgIpc) is 2.51. The van der Waals surface area contributed by atoms with Gasteiger partial charge in [0.1, 0.15) is 4.90 Å². The Balaban J connectivity index is 0.00000484. The zero-order chi connectivity index (χ0) is 16.4. The Labute approximate surface area is 154 Å². The van der Waals surface area contributed by atoms with Crippen LogP contribution < -0.4 is 15.4 Å². The molecule has 0 radical (unpaired) electrons. The molecule has 1 atom stereocenters. The van der Waals surface area contributed by atoms with Crippen LogP contribution in [0.15, 0.2) is 34.4 Å². The van der Waals surface area contributed by atoms with E-state index in [1.807, 2.05) is 6.92 Å². The summed E-state index contributed by atoms with van der Waals surface area (Å²) in [5, 5.41) is 6.15. The molecule has 1 aromatic heterocycles. The highest BCUT2D eigenvalue weighted by atomic mass is 127. The van der Waals surface area contributed by atoms with Crippen LogP contribution in [0.4, 0.5) is 0 Å². The number of methoxy groups -OCH3 is 1. The molecule has 132 valence electrons. The molecular formula is C13H24IN5O3S. The van der Waals surface area contributed by atoms with Crippen molar-refractivity contribution in [1.29, 1.82) is 0 Å². The van der Waals surface area contributed by atoms with Gasteiger partial charge in [-0.15, -0.1) is 24.0 Å². The van der Waals surface area contributed by atoms with Gasteiger partial charge in [0.25, 0.3) is 0 Å². The van der Waals surface area contributed by atoms with Gasteiger partial charge in [-0.1, -0.05) is 0 Å². The second-order valence-corrected chi connectivity index (χ2v) is 6.35. The van der Waals surface area contributed by atoms with E-state index in [0.29, 0.717) is 19.1 Å². The first-order valence-corrected chi connectivity index (χ1v) is 8.33. The number of sulfonamides is 1. The van der Waals surface area contributed by atoms with Crippen molar-refractivity contribution in [3.63, 3.8) is 0 Å². The second kappa shape index (κ2) is 11.5. The smallest absolute Gasteiger partial charge is 0.242 e. The predicted molar refractivity (Wildman–Crippen MR) is 101 cm³/mol. The maximum absolute atomic E-state index is 12.0. The summed E-state index contributed by atoms with van der Waals surface area (Å²) in [7, 11) is -0.255. The van der Waals surface area contributed by atoms with Gasteiger partial charge in [-0.2, -0.15) is 0 Å². The lowest BCUT2D eigenvalue weighted by molar-refractivity contribution is 0.179. The fourth-order valence-corrected chi connectivity index (χ4v) is 2.67. The summed E-state index contributed by atoms with van der Waals surface area (Å²) in [6.07, 6.45) is 2.83. The normalized spacial score (nSPS) is 13.1. The number of aromatic nitrogens is 1. The highest BCUT2D eigenvalue weighted by Gasteiger charge is 2.12. The summed E-state index contributed by atoms with van der Waals surface area (Å²) >= 11 is 0. The van der Waals surface area contributed by atoms with E-state index in [4.69, 9.17) is 4.74 Å². The van der Waals surface area contributed by atoms with Crippen LogP contribution in [0, 0.1) is 0 Å². The molecule has 0 aliphatic heterocycles. The average molecular weight is 457 g/mol. The van der Waals surface area contributed by atoms with E-state index in [0.717, 1.165) is 0 Å². The molecule has 8 nitrogen and oxygen atoms in total. The van der Waals surface area contributed by atoms with Crippen molar-refractivity contribution < 1.29 is 13.2 Å². The van der Waals surface area contributed by atoms with Gasteiger partial charge < -0.3 is 15.4 Å². The standard InChI is InChI=1S/C13H23N5O3S.HI/c1-11(10-21-3)18-13(14-2)16-7-8-17-22(19,20)12-5-4-6-15-9-12;/h4-6,9,11,17H,7-8,10H2,1-3H3,(H2,14,16,18);1H. The number of pyridine rings is 1. The Morgan fingerprint density at radius 2 is 2.17 bits per heavy atom. The lowest BCUT2D eigenvalue weighted by Gasteiger charge is -2.17. The molecule has 0 saturated heterocycles. The molecule has 0 aliphatic carbocycles. The van der Waals surface area contributed by atoms with E-state index in [-0.39, 0.29) is 41.5 Å². The summed E-state index contributed by atoms with van der Waals surface area (Å²) in [6.45, 7) is 3.14. The summed E-state index contributed by atoms with van der Waals surface area (Å²) in [5.74, 6) is 0.588. The fraction of sp³-hybridized carbons (Fsp3) is 0.538. The van der Waals surface area contributed by atoms with Crippen LogP contribution in [0.1, 0.15) is 6.92 Å². The first-order chi connectivity index (χ1) is 10.5. The van der Waals surface area contributed by atoms with Crippen molar-refractivity contribution >= 4 is 40.0 Å². The highest BCUT2D eigenvalue weighted by Crippen LogP contribution is 2.04. The van der Waals surface area contributed by atoms with Gasteiger partial charge in [-0.3, -0.25) is 9.98 Å². The first kappa shape index (κ1) is 22.0. The number of ether oxygens (including phenoxy) is 1. The van der Waals surface area contributed by atoms with Crippen molar-refractivity contribution in [3.8, 4) is 0 Å². The molecule has 0 aliphatic rings. The number of nitrogens with zero attached hydrogens (tertiary/aromatic N) is 2. The van der Waals surface area contributed by atoms with E-state index < -0.39 is 10.0 Å². The zero-order valence-electron chi connectivity index (χ0n) is 13.4. The SMILES string of the molecule is CN=C(NCCNS(=O)(=O)c1cccnc1)NC(C)COC.I. The van der Waals surface area contributed by atoms with Crippen molar-refractivity contribution in [3.05, 3.63) is 24.5 Å². The lowest BCUT2D eigenvalue weighted by atomic mass is 10.4. The van der Waals surface area contributed by atoms with Gasteiger partial charge in [0, 0.05) is 45.7 Å². The predicted octanol–water partition coefficient (Wildman–Crippen LogP) is 0.178. The summed E-state index contributed by atoms with van der Waals surface area (Å²) < 4.78 is 31.5. The van der Waals surface area contributed by atoms with Crippen molar-refractivity contribution in [2.45, 2.75) is 17.9 Å². The molecule has 23 heavy (non-hydrogen) atoms. The topological polar surface area (TPSA) is 105 Å². The van der Waals surface area contributed by atoms with Crippen molar-refractivity contribution in [2.75, 3.05) is 33.9 Å². The van der Waals surface area contributed by atoms with Crippen molar-refractivity contribution in [2.24, 2.45) is 4.99 Å². The van der Waals surface area contributed by atoms with Gasteiger partial charge >= 0.3 is 0 Å². The number of guanidine groups is 1. The summed E-state index contributed by atoms with van der Waals surface area (Å²) in [5.41, 5.74) is 0. The zero-order valence-corrected chi connectivity index (χ0v) is 16.6. The van der Waals surface area contributed by atoms with Crippen LogP contribution in [-0.2, 0) is 14.8 Å². The minimum Gasteiger partial charge on any atom is -0.383 e. The molecule has 3 N–H and O–H groups in total. The highest BCUT2D eigenvalue weighted by molar-refractivity contribution is 14.0. The molecule has 1 unspecified atom stereocenters. The van der Waals surface area contributed by atoms with Crippen LogP contribution in [-0.4, -0.2) is 59.3 Å². The minimum atomic E-state index is -3.53. The fourth-order valence-electron chi connectivity index (χ4n) is 1.68. The summed E-state index contributed by atoms with van der Waals surface area (Å²) in [6, 6.07) is 3.18. The van der Waals surface area contributed by atoms with Gasteiger partial charge in [-0.05, 0) is 19.1 Å². The van der Waals surface area contributed by atoms with Gasteiger partial charge in [-0.25, -0.2) is 13.1 Å². The van der Waals surface area contributed by atoms with Gasteiger partial charge in [0.2, 0.25) is 10.0 Å². The van der Waals surface area contributed by atoms with E-state index in [2.05, 4.69) is 25.3 Å². The van der Waals surface area contributed by atoms with E-state index in [9.17, 15) is 8.42 Å². The number of hydrogen-bond donors (Lipinski definition) is 3. The molecule has 0 fully saturated rings. The molecule has 0 spiro atoms. The van der Waals surface area contributed by atoms with Crippen LogP contribution in [0.5, 0.6) is 0 Å². The Hall–Kier alpha value is -0.980. The first-order valence-electron chi connectivity index (χ1n) is 6.85. The maximum atomic E-state index is 12.0. The largest absolute Gasteiger partial charge is 0.383 e. The molecule has 0 aromatic carbocycles. The molecular weight excluding hydrogens is 433 g/mol. The van der Waals surface area contributed by atoms with Crippen LogP contribution in [0.3, 0.4) is 0 Å². The van der Waals surface area contributed by atoms with Gasteiger partial charge in [0.05, 0.1) is 6.61 Å². The number of hydrogen-bond acceptors (Lipinski definition) is 5. The van der Waals surface area contributed by atoms with Crippen molar-refractivity contribution in [1.82, 2.24) is 20.3 Å².